The molecule has 0 aliphatic heterocycles. The van der Waals surface area contributed by atoms with E-state index in [0.29, 0.717) is 19.3 Å². The first-order valence-electron chi connectivity index (χ1n) is 14.2. The second kappa shape index (κ2) is 9.98. The lowest BCUT2D eigenvalue weighted by atomic mass is 9.45. The van der Waals surface area contributed by atoms with Crippen molar-refractivity contribution in [3.63, 3.8) is 0 Å². The first-order chi connectivity index (χ1) is 19.9. The maximum Gasteiger partial charge on any atom is 0.375 e. The van der Waals surface area contributed by atoms with Gasteiger partial charge in [0.25, 0.3) is 0 Å². The molecule has 0 bridgehead atoms. The quantitative estimate of drug-likeness (QED) is 0.274. The van der Waals surface area contributed by atoms with Crippen LogP contribution in [0.1, 0.15) is 67.6 Å². The van der Waals surface area contributed by atoms with Crippen LogP contribution in [-0.4, -0.2) is 46.0 Å². The minimum absolute atomic E-state index is 0.0114. The van der Waals surface area contributed by atoms with Gasteiger partial charge in [0.15, 0.2) is 17.2 Å². The Morgan fingerprint density at radius 2 is 1.71 bits per heavy atom. The van der Waals surface area contributed by atoms with Crippen molar-refractivity contribution in [2.24, 2.45) is 28.6 Å². The van der Waals surface area contributed by atoms with Crippen LogP contribution in [0.25, 0.3) is 0 Å². The van der Waals surface area contributed by atoms with E-state index in [2.05, 4.69) is 0 Å². The highest BCUT2D eigenvalue weighted by Gasteiger charge is 2.77. The van der Waals surface area contributed by atoms with Crippen molar-refractivity contribution in [1.29, 1.82) is 0 Å². The summed E-state index contributed by atoms with van der Waals surface area (Å²) in [6, 6.07) is 6.14. The number of carbonyl (C=O) groups is 4. The lowest BCUT2D eigenvalue weighted by Crippen LogP contribution is -2.70. The molecule has 2 aromatic heterocycles. The molecule has 0 amide bonds. The summed E-state index contributed by atoms with van der Waals surface area (Å²) < 4.78 is 23.1. The molecule has 2 heterocycles. The fourth-order valence-electron chi connectivity index (χ4n) is 8.76. The van der Waals surface area contributed by atoms with Gasteiger partial charge in [-0.05, 0) is 73.9 Å². The number of halogens is 2. The van der Waals surface area contributed by atoms with Crippen LogP contribution in [0.3, 0.4) is 0 Å². The Hall–Kier alpha value is -3.10. The Balaban J connectivity index is 1.50. The van der Waals surface area contributed by atoms with E-state index in [4.69, 9.17) is 41.5 Å². The van der Waals surface area contributed by atoms with Crippen LogP contribution >= 0.6 is 23.2 Å². The second-order valence-electron chi connectivity index (χ2n) is 12.4. The molecule has 8 atom stereocenters. The number of carbonyl (C=O) groups excluding carboxylic acids is 4. The summed E-state index contributed by atoms with van der Waals surface area (Å²) in [7, 11) is 0. The smallest absolute Gasteiger partial charge is 0.375 e. The second-order valence-corrected chi connectivity index (χ2v) is 13.3. The number of allylic oxidation sites excluding steroid dienone is 4. The zero-order valence-electron chi connectivity index (χ0n) is 23.6. The van der Waals surface area contributed by atoms with Gasteiger partial charge in [0.05, 0.1) is 23.3 Å². The summed E-state index contributed by atoms with van der Waals surface area (Å²) in [6.07, 6.45) is 8.58. The monoisotopic (exact) mass is 614 g/mol. The van der Waals surface area contributed by atoms with Gasteiger partial charge in [-0.1, -0.05) is 32.4 Å². The molecule has 0 saturated heterocycles. The third kappa shape index (κ3) is 3.80. The number of hydrogen-bond donors (Lipinski definition) is 0. The summed E-state index contributed by atoms with van der Waals surface area (Å²) in [5, 5.41) is 0. The van der Waals surface area contributed by atoms with Gasteiger partial charge in [0.2, 0.25) is 11.5 Å². The largest absolute Gasteiger partial charge is 0.457 e. The summed E-state index contributed by atoms with van der Waals surface area (Å²) in [5.74, 6) is -3.31. The van der Waals surface area contributed by atoms with Crippen LogP contribution in [0.15, 0.2) is 69.4 Å². The Labute approximate surface area is 253 Å². The Kier molecular flexibility index (Phi) is 6.89. The molecule has 10 heteroatoms. The molecule has 2 aromatic rings. The van der Waals surface area contributed by atoms with Crippen molar-refractivity contribution in [2.45, 2.75) is 63.0 Å². The number of ketones is 2. The molecule has 222 valence electrons. The van der Waals surface area contributed by atoms with E-state index in [1.54, 1.807) is 18.2 Å². The summed E-state index contributed by atoms with van der Waals surface area (Å²) >= 11 is 14.1. The van der Waals surface area contributed by atoms with Gasteiger partial charge in [-0.15, -0.1) is 23.2 Å². The van der Waals surface area contributed by atoms with E-state index in [-0.39, 0.29) is 41.4 Å². The molecule has 0 radical (unpaired) electrons. The van der Waals surface area contributed by atoms with Gasteiger partial charge in [-0.25, -0.2) is 9.59 Å². The first kappa shape index (κ1) is 29.0. The van der Waals surface area contributed by atoms with Crippen molar-refractivity contribution in [3.8, 4) is 0 Å². The topological polar surface area (TPSA) is 113 Å². The predicted molar refractivity (Wildman–Crippen MR) is 152 cm³/mol. The van der Waals surface area contributed by atoms with Gasteiger partial charge < -0.3 is 18.3 Å². The highest BCUT2D eigenvalue weighted by molar-refractivity contribution is 6.29. The third-order valence-electron chi connectivity index (χ3n) is 10.6. The molecule has 0 spiro atoms. The highest BCUT2D eigenvalue weighted by atomic mass is 35.5. The Morgan fingerprint density at radius 3 is 2.33 bits per heavy atom. The number of Topliss-reactive ketones (excluding diaryl/α,β-unsaturated/α-hetero) is 1. The number of furan rings is 2. The van der Waals surface area contributed by atoms with Crippen LogP contribution < -0.4 is 0 Å². The van der Waals surface area contributed by atoms with E-state index in [1.807, 2.05) is 26.8 Å². The van der Waals surface area contributed by atoms with Gasteiger partial charge in [-0.3, -0.25) is 9.59 Å². The molecule has 0 unspecified atom stereocenters. The van der Waals surface area contributed by atoms with Crippen LogP contribution in [0.2, 0.25) is 0 Å². The van der Waals surface area contributed by atoms with E-state index in [1.165, 1.54) is 30.7 Å². The number of hydrogen-bond acceptors (Lipinski definition) is 8. The van der Waals surface area contributed by atoms with Gasteiger partial charge in [0.1, 0.15) is 6.10 Å². The normalized spacial score (nSPS) is 38.6. The Morgan fingerprint density at radius 1 is 1.05 bits per heavy atom. The van der Waals surface area contributed by atoms with Crippen LogP contribution in [0, 0.1) is 28.6 Å². The molecular weight excluding hydrogens is 583 g/mol. The zero-order chi connectivity index (χ0) is 30.1. The lowest BCUT2D eigenvalue weighted by Gasteiger charge is -2.64. The minimum Gasteiger partial charge on any atom is -0.457 e. The van der Waals surface area contributed by atoms with Gasteiger partial charge in [0, 0.05) is 16.7 Å². The predicted octanol–water partition coefficient (Wildman–Crippen LogP) is 6.33. The molecule has 42 heavy (non-hydrogen) atoms. The van der Waals surface area contributed by atoms with E-state index >= 15 is 0 Å². The van der Waals surface area contributed by atoms with Crippen LogP contribution in [0.4, 0.5) is 0 Å². The van der Waals surface area contributed by atoms with Gasteiger partial charge in [-0.2, -0.15) is 0 Å². The number of alkyl halides is 2. The molecular formula is C32H32Cl2O8. The van der Waals surface area contributed by atoms with Gasteiger partial charge >= 0.3 is 11.9 Å². The SMILES string of the molecule is C[C@H]1C[C@@H]2[C@H]3CCC4=CC(=O)C=C[C@]4(C)[C@]3(Cl)[C@@H](OC(=O)c3ccco3)C[C@]2(C)[C@]1(OC(=O)c1ccco1)C(=O)CCl. The first-order valence-corrected chi connectivity index (χ1v) is 15.1. The number of fused-ring (bicyclic) bond motifs is 5. The molecule has 4 aliphatic rings. The van der Waals surface area contributed by atoms with Crippen LogP contribution in [0.5, 0.6) is 0 Å². The summed E-state index contributed by atoms with van der Waals surface area (Å²) in [6.45, 7) is 5.78. The number of rotatable bonds is 6. The maximum absolute atomic E-state index is 13.9. The lowest BCUT2D eigenvalue weighted by molar-refractivity contribution is -0.177. The highest BCUT2D eigenvalue weighted by Crippen LogP contribution is 2.72. The minimum atomic E-state index is -1.63. The molecule has 0 N–H and O–H groups in total. The average molecular weight is 616 g/mol. The molecule has 4 aliphatic carbocycles. The molecule has 8 nitrogen and oxygen atoms in total. The summed E-state index contributed by atoms with van der Waals surface area (Å²) in [5.41, 5.74) is -2.59. The van der Waals surface area contributed by atoms with E-state index in [9.17, 15) is 19.2 Å². The van der Waals surface area contributed by atoms with Crippen molar-refractivity contribution in [2.75, 3.05) is 5.88 Å². The van der Waals surface area contributed by atoms with Crippen LogP contribution in [-0.2, 0) is 19.1 Å². The van der Waals surface area contributed by atoms with Crippen molar-refractivity contribution < 1.29 is 37.5 Å². The number of ether oxygens (including phenoxy) is 2. The standard InChI is InChI=1S/C32H32Cl2O8/c1-18-14-22-21-9-8-19-15-20(35)10-11-29(19,2)31(21,34)26(41-27(37)23-6-4-12-39-23)16-30(22,3)32(18,25(36)17-33)42-28(38)24-7-5-13-40-24/h4-7,10-13,15,18,21-22,26H,8-9,14,16-17H2,1-3H3/t18-,21+,22+,26-,29-,30-,31+,32+/m0/s1. The molecule has 3 fully saturated rings. The van der Waals surface area contributed by atoms with Crippen molar-refractivity contribution in [1.82, 2.24) is 0 Å². The summed E-state index contributed by atoms with van der Waals surface area (Å²) in [4.78, 5) is 52.0. The molecule has 0 aromatic carbocycles. The fraction of sp³-hybridized carbons (Fsp3) is 0.500. The fourth-order valence-corrected chi connectivity index (χ4v) is 9.53. The Bertz CT molecular complexity index is 1490. The van der Waals surface area contributed by atoms with Crippen molar-refractivity contribution >= 4 is 46.7 Å². The zero-order valence-corrected chi connectivity index (χ0v) is 25.1. The maximum atomic E-state index is 13.9. The molecule has 3 saturated carbocycles. The third-order valence-corrected chi connectivity index (χ3v) is 11.8. The van der Waals surface area contributed by atoms with E-state index < -0.39 is 51.0 Å². The molecule has 6 rings (SSSR count). The average Bonchev–Trinajstić information content (AvgIpc) is 3.72. The van der Waals surface area contributed by atoms with Crippen molar-refractivity contribution in [3.05, 3.63) is 72.1 Å². The number of esters is 2. The van der Waals surface area contributed by atoms with E-state index in [0.717, 1.165) is 5.57 Å².